The SMILES string of the molecule is O=C1NCCN(S(=O)(=O)c2ccc(Cl)c(Cl)c2)C1c1ccccc1Cl. The van der Waals surface area contributed by atoms with E-state index in [9.17, 15) is 13.2 Å². The smallest absolute Gasteiger partial charge is 0.244 e. The predicted octanol–water partition coefficient (Wildman–Crippen LogP) is 3.51. The lowest BCUT2D eigenvalue weighted by Gasteiger charge is -2.34. The van der Waals surface area contributed by atoms with Crippen LogP contribution >= 0.6 is 34.8 Å². The zero-order valence-electron chi connectivity index (χ0n) is 12.7. The molecule has 0 radical (unpaired) electrons. The Kier molecular flexibility index (Phi) is 5.27. The molecule has 1 saturated heterocycles. The Bertz CT molecular complexity index is 934. The third kappa shape index (κ3) is 3.50. The van der Waals surface area contributed by atoms with Gasteiger partial charge in [-0.3, -0.25) is 4.79 Å². The molecule has 0 bridgehead atoms. The van der Waals surface area contributed by atoms with E-state index in [1.807, 2.05) is 0 Å². The van der Waals surface area contributed by atoms with Crippen LogP contribution in [0.25, 0.3) is 0 Å². The maximum Gasteiger partial charge on any atom is 0.244 e. The zero-order valence-corrected chi connectivity index (χ0v) is 15.8. The molecule has 1 aliphatic heterocycles. The summed E-state index contributed by atoms with van der Waals surface area (Å²) in [5.74, 6) is -0.428. The van der Waals surface area contributed by atoms with Gasteiger partial charge >= 0.3 is 0 Å². The van der Waals surface area contributed by atoms with Crippen molar-refractivity contribution in [3.8, 4) is 0 Å². The average molecular weight is 420 g/mol. The van der Waals surface area contributed by atoms with Crippen LogP contribution in [0.3, 0.4) is 0 Å². The fourth-order valence-electron chi connectivity index (χ4n) is 2.67. The van der Waals surface area contributed by atoms with Gasteiger partial charge in [-0.1, -0.05) is 53.0 Å². The number of amides is 1. The van der Waals surface area contributed by atoms with Crippen LogP contribution in [0.2, 0.25) is 15.1 Å². The maximum atomic E-state index is 13.1. The highest BCUT2D eigenvalue weighted by Gasteiger charge is 2.40. The van der Waals surface area contributed by atoms with E-state index in [0.29, 0.717) is 10.6 Å². The number of rotatable bonds is 3. The van der Waals surface area contributed by atoms with E-state index >= 15 is 0 Å². The highest BCUT2D eigenvalue weighted by Crippen LogP contribution is 2.34. The lowest BCUT2D eigenvalue weighted by atomic mass is 10.0. The minimum atomic E-state index is -3.98. The zero-order chi connectivity index (χ0) is 18.2. The van der Waals surface area contributed by atoms with Crippen LogP contribution in [0.4, 0.5) is 0 Å². The van der Waals surface area contributed by atoms with E-state index in [-0.39, 0.29) is 28.0 Å². The number of hydrogen-bond donors (Lipinski definition) is 1. The van der Waals surface area contributed by atoms with Crippen molar-refractivity contribution in [2.45, 2.75) is 10.9 Å². The molecule has 1 N–H and O–H groups in total. The van der Waals surface area contributed by atoms with Gasteiger partial charge in [-0.2, -0.15) is 4.31 Å². The van der Waals surface area contributed by atoms with Crippen molar-refractivity contribution in [1.29, 1.82) is 0 Å². The molecule has 2 aromatic carbocycles. The number of hydrogen-bond acceptors (Lipinski definition) is 3. The molecule has 25 heavy (non-hydrogen) atoms. The lowest BCUT2D eigenvalue weighted by Crippen LogP contribution is -2.52. The highest BCUT2D eigenvalue weighted by molar-refractivity contribution is 7.89. The van der Waals surface area contributed by atoms with Gasteiger partial charge in [-0.15, -0.1) is 0 Å². The molecule has 1 fully saturated rings. The number of carbonyl (C=O) groups is 1. The summed E-state index contributed by atoms with van der Waals surface area (Å²) in [7, 11) is -3.98. The van der Waals surface area contributed by atoms with Crippen LogP contribution in [0.5, 0.6) is 0 Å². The summed E-state index contributed by atoms with van der Waals surface area (Å²) in [4.78, 5) is 12.4. The van der Waals surface area contributed by atoms with Crippen molar-refractivity contribution < 1.29 is 13.2 Å². The number of halogens is 3. The molecular weight excluding hydrogens is 407 g/mol. The van der Waals surface area contributed by atoms with Crippen LogP contribution in [-0.2, 0) is 14.8 Å². The monoisotopic (exact) mass is 418 g/mol. The lowest BCUT2D eigenvalue weighted by molar-refractivity contribution is -0.126. The molecule has 1 amide bonds. The minimum absolute atomic E-state index is 0.0337. The van der Waals surface area contributed by atoms with E-state index in [0.717, 1.165) is 4.31 Å². The van der Waals surface area contributed by atoms with Gasteiger partial charge in [0.05, 0.1) is 14.9 Å². The summed E-state index contributed by atoms with van der Waals surface area (Å²) in [5.41, 5.74) is 0.421. The molecule has 1 heterocycles. The van der Waals surface area contributed by atoms with Gasteiger partial charge in [0.15, 0.2) is 0 Å². The second-order valence-corrected chi connectivity index (χ2v) is 8.52. The van der Waals surface area contributed by atoms with Crippen molar-refractivity contribution in [3.05, 3.63) is 63.1 Å². The fraction of sp³-hybridized carbons (Fsp3) is 0.188. The van der Waals surface area contributed by atoms with Crippen LogP contribution in [0.15, 0.2) is 47.4 Å². The largest absolute Gasteiger partial charge is 0.353 e. The van der Waals surface area contributed by atoms with Crippen molar-refractivity contribution >= 4 is 50.7 Å². The van der Waals surface area contributed by atoms with Crippen molar-refractivity contribution in [2.24, 2.45) is 0 Å². The molecule has 9 heteroatoms. The van der Waals surface area contributed by atoms with Crippen molar-refractivity contribution in [1.82, 2.24) is 9.62 Å². The number of benzene rings is 2. The minimum Gasteiger partial charge on any atom is -0.353 e. The first-order valence-electron chi connectivity index (χ1n) is 7.31. The Morgan fingerprint density at radius 1 is 1.00 bits per heavy atom. The van der Waals surface area contributed by atoms with Gasteiger partial charge in [0.1, 0.15) is 6.04 Å². The number of sulfonamides is 1. The Morgan fingerprint density at radius 2 is 1.72 bits per heavy atom. The summed E-state index contributed by atoms with van der Waals surface area (Å²) >= 11 is 18.0. The molecule has 1 atom stereocenters. The van der Waals surface area contributed by atoms with Gasteiger partial charge in [-0.05, 0) is 29.8 Å². The molecule has 0 aliphatic carbocycles. The van der Waals surface area contributed by atoms with Crippen LogP contribution in [0.1, 0.15) is 11.6 Å². The maximum absolute atomic E-state index is 13.1. The van der Waals surface area contributed by atoms with Crippen molar-refractivity contribution in [2.75, 3.05) is 13.1 Å². The Morgan fingerprint density at radius 3 is 2.40 bits per heavy atom. The molecule has 0 aromatic heterocycles. The second-order valence-electron chi connectivity index (χ2n) is 5.41. The molecule has 0 saturated carbocycles. The molecule has 0 spiro atoms. The summed E-state index contributed by atoms with van der Waals surface area (Å²) < 4.78 is 27.3. The quantitative estimate of drug-likeness (QED) is 0.828. The van der Waals surface area contributed by atoms with E-state index in [1.165, 1.54) is 18.2 Å². The van der Waals surface area contributed by atoms with E-state index < -0.39 is 22.0 Å². The van der Waals surface area contributed by atoms with Gasteiger partial charge in [0.25, 0.3) is 0 Å². The molecule has 3 rings (SSSR count). The molecule has 5 nitrogen and oxygen atoms in total. The third-order valence-corrected chi connectivity index (χ3v) is 6.81. The summed E-state index contributed by atoms with van der Waals surface area (Å²) in [6.45, 7) is 0.324. The first-order chi connectivity index (χ1) is 11.8. The molecule has 1 aliphatic rings. The van der Waals surface area contributed by atoms with E-state index in [4.69, 9.17) is 34.8 Å². The third-order valence-electron chi connectivity index (χ3n) is 3.87. The number of piperazine rings is 1. The molecular formula is C16H13Cl3N2O3S. The van der Waals surface area contributed by atoms with E-state index in [1.54, 1.807) is 24.3 Å². The number of nitrogens with one attached hydrogen (secondary N) is 1. The Hall–Kier alpha value is -1.31. The highest BCUT2D eigenvalue weighted by atomic mass is 35.5. The summed E-state index contributed by atoms with van der Waals surface area (Å²) in [5, 5.41) is 3.37. The molecule has 2 aromatic rings. The molecule has 1 unspecified atom stereocenters. The van der Waals surface area contributed by atoms with Gasteiger partial charge in [0, 0.05) is 18.1 Å². The fourth-order valence-corrected chi connectivity index (χ4v) is 4.87. The van der Waals surface area contributed by atoms with Crippen molar-refractivity contribution in [3.63, 3.8) is 0 Å². The normalized spacial score (nSPS) is 18.8. The summed E-state index contributed by atoms with van der Waals surface area (Å²) in [6, 6.07) is 9.65. The predicted molar refractivity (Wildman–Crippen MR) is 97.6 cm³/mol. The van der Waals surface area contributed by atoms with Gasteiger partial charge in [0.2, 0.25) is 15.9 Å². The first kappa shape index (κ1) is 18.5. The van der Waals surface area contributed by atoms with Crippen LogP contribution < -0.4 is 5.32 Å². The molecule has 132 valence electrons. The number of carbonyl (C=O) groups excluding carboxylic acids is 1. The summed E-state index contributed by atoms with van der Waals surface area (Å²) in [6.07, 6.45) is 0. The Balaban J connectivity index is 2.10. The average Bonchev–Trinajstić information content (AvgIpc) is 2.58. The standard InChI is InChI=1S/C16H13Cl3N2O3S/c17-12-4-2-1-3-11(12)15-16(22)20-7-8-21(15)25(23,24)10-5-6-13(18)14(19)9-10/h1-6,9,15H,7-8H2,(H,20,22). The van der Waals surface area contributed by atoms with Crippen LogP contribution in [0, 0.1) is 0 Å². The Labute approximate surface area is 160 Å². The second kappa shape index (κ2) is 7.13. The van der Waals surface area contributed by atoms with E-state index in [2.05, 4.69) is 5.32 Å². The van der Waals surface area contributed by atoms with Gasteiger partial charge in [-0.25, -0.2) is 8.42 Å². The van der Waals surface area contributed by atoms with Crippen LogP contribution in [-0.4, -0.2) is 31.7 Å². The van der Waals surface area contributed by atoms with Gasteiger partial charge < -0.3 is 5.32 Å². The topological polar surface area (TPSA) is 66.5 Å². The number of nitrogens with zero attached hydrogens (tertiary/aromatic N) is 1. The first-order valence-corrected chi connectivity index (χ1v) is 9.89.